The predicted molar refractivity (Wildman–Crippen MR) is 65.3 cm³/mol. The van der Waals surface area contributed by atoms with Crippen LogP contribution in [0.1, 0.15) is 17.3 Å². The highest BCUT2D eigenvalue weighted by Gasteiger charge is 2.17. The molecule has 0 heterocycles. The second-order valence-corrected chi connectivity index (χ2v) is 3.87. The molecule has 0 aliphatic rings. The van der Waals surface area contributed by atoms with Crippen molar-refractivity contribution in [1.82, 2.24) is 5.32 Å². The van der Waals surface area contributed by atoms with Gasteiger partial charge in [-0.05, 0) is 19.1 Å². The highest BCUT2D eigenvalue weighted by Crippen LogP contribution is 2.24. The average Bonchev–Trinajstić information content (AvgIpc) is 2.25. The molecule has 90 valence electrons. The molecule has 1 amide bonds. The Kier molecular flexibility index (Phi) is 4.54. The minimum absolute atomic E-state index is 0.0523. The smallest absolute Gasteiger partial charge is 0.352 e. The number of hydrogen-bond donors (Lipinski definition) is 2. The van der Waals surface area contributed by atoms with Crippen LogP contribution in [0.4, 0.5) is 0 Å². The van der Waals surface area contributed by atoms with Crippen LogP contribution in [0, 0.1) is 0 Å². The van der Waals surface area contributed by atoms with Gasteiger partial charge in [0.2, 0.25) is 0 Å². The lowest BCUT2D eigenvalue weighted by Gasteiger charge is -2.08. The van der Waals surface area contributed by atoms with Gasteiger partial charge in [-0.2, -0.15) is 0 Å². The van der Waals surface area contributed by atoms with Gasteiger partial charge in [0.05, 0.1) is 15.6 Å². The third-order valence-corrected chi connectivity index (χ3v) is 2.59. The first kappa shape index (κ1) is 13.5. The van der Waals surface area contributed by atoms with Gasteiger partial charge in [-0.15, -0.1) is 0 Å². The molecular weight excluding hydrogens is 265 g/mol. The summed E-state index contributed by atoms with van der Waals surface area (Å²) in [5.41, 5.74) is -0.178. The van der Waals surface area contributed by atoms with E-state index < -0.39 is 11.9 Å². The Morgan fingerprint density at radius 3 is 2.24 bits per heavy atom. The van der Waals surface area contributed by atoms with Crippen LogP contribution in [-0.2, 0) is 4.79 Å². The molecule has 0 saturated heterocycles. The molecular formula is C11H9Cl2NO3. The number of allylic oxidation sites excluding steroid dienone is 1. The van der Waals surface area contributed by atoms with Gasteiger partial charge in [0.15, 0.2) is 0 Å². The fourth-order valence-electron chi connectivity index (χ4n) is 1.15. The predicted octanol–water partition coefficient (Wildman–Crippen LogP) is 2.71. The fraction of sp³-hybridized carbons (Fsp3) is 0.0909. The third kappa shape index (κ3) is 3.22. The lowest BCUT2D eigenvalue weighted by molar-refractivity contribution is -0.133. The van der Waals surface area contributed by atoms with Crippen molar-refractivity contribution >= 4 is 35.1 Å². The monoisotopic (exact) mass is 273 g/mol. The van der Waals surface area contributed by atoms with Crippen LogP contribution in [0.5, 0.6) is 0 Å². The standard InChI is InChI=1S/C11H9Cl2NO3/c1-2-8(11(16)17)14-10(15)9-6(12)4-3-5-7(9)13/h2-5H,1H3,(H,14,15)(H,16,17)/b8-2-. The van der Waals surface area contributed by atoms with E-state index in [0.29, 0.717) is 0 Å². The molecule has 0 fully saturated rings. The zero-order valence-electron chi connectivity index (χ0n) is 8.83. The maximum absolute atomic E-state index is 11.8. The third-order valence-electron chi connectivity index (χ3n) is 1.96. The number of hydrogen-bond acceptors (Lipinski definition) is 2. The Balaban J connectivity index is 3.02. The summed E-state index contributed by atoms with van der Waals surface area (Å²) in [5.74, 6) is -1.89. The SMILES string of the molecule is C/C=C(\NC(=O)c1c(Cl)cccc1Cl)C(=O)O. The molecule has 1 aromatic carbocycles. The van der Waals surface area contributed by atoms with Crippen molar-refractivity contribution in [3.05, 3.63) is 45.6 Å². The summed E-state index contributed by atoms with van der Waals surface area (Å²) in [6.45, 7) is 1.50. The van der Waals surface area contributed by atoms with Crippen molar-refractivity contribution in [3.8, 4) is 0 Å². The van der Waals surface area contributed by atoms with Gasteiger partial charge in [0.1, 0.15) is 5.70 Å². The van der Waals surface area contributed by atoms with E-state index in [0.717, 1.165) is 0 Å². The quantitative estimate of drug-likeness (QED) is 0.833. The van der Waals surface area contributed by atoms with Gasteiger partial charge in [-0.3, -0.25) is 4.79 Å². The molecule has 0 bridgehead atoms. The first-order valence-corrected chi connectivity index (χ1v) is 5.38. The van der Waals surface area contributed by atoms with Gasteiger partial charge < -0.3 is 10.4 Å². The van der Waals surface area contributed by atoms with Gasteiger partial charge >= 0.3 is 5.97 Å². The van der Waals surface area contributed by atoms with Crippen LogP contribution < -0.4 is 5.32 Å². The Hall–Kier alpha value is -1.52. The van der Waals surface area contributed by atoms with Crippen LogP contribution in [0.3, 0.4) is 0 Å². The number of nitrogens with one attached hydrogen (secondary N) is 1. The van der Waals surface area contributed by atoms with E-state index in [4.69, 9.17) is 28.3 Å². The molecule has 0 saturated carbocycles. The highest BCUT2D eigenvalue weighted by atomic mass is 35.5. The van der Waals surface area contributed by atoms with E-state index >= 15 is 0 Å². The first-order valence-electron chi connectivity index (χ1n) is 4.62. The average molecular weight is 274 g/mol. The number of halogens is 2. The van der Waals surface area contributed by atoms with Gasteiger partial charge in [-0.25, -0.2) is 4.79 Å². The van der Waals surface area contributed by atoms with Crippen LogP contribution in [0.15, 0.2) is 30.0 Å². The van der Waals surface area contributed by atoms with Crippen molar-refractivity contribution in [2.75, 3.05) is 0 Å². The summed E-state index contributed by atoms with van der Waals surface area (Å²) in [7, 11) is 0. The molecule has 17 heavy (non-hydrogen) atoms. The number of amides is 1. The molecule has 1 aromatic rings. The van der Waals surface area contributed by atoms with Crippen LogP contribution in [-0.4, -0.2) is 17.0 Å². The number of carboxylic acids is 1. The lowest BCUT2D eigenvalue weighted by Crippen LogP contribution is -2.27. The van der Waals surface area contributed by atoms with E-state index in [-0.39, 0.29) is 21.3 Å². The molecule has 6 heteroatoms. The van der Waals surface area contributed by atoms with Gasteiger partial charge in [0.25, 0.3) is 5.91 Å². The zero-order valence-corrected chi connectivity index (χ0v) is 10.3. The molecule has 0 unspecified atom stereocenters. The van der Waals surface area contributed by atoms with E-state index in [1.54, 1.807) is 6.07 Å². The van der Waals surface area contributed by atoms with E-state index in [1.807, 2.05) is 0 Å². The van der Waals surface area contributed by atoms with Crippen LogP contribution in [0.25, 0.3) is 0 Å². The minimum atomic E-state index is -1.23. The summed E-state index contributed by atoms with van der Waals surface area (Å²) in [5, 5.41) is 11.3. The van der Waals surface area contributed by atoms with Gasteiger partial charge in [0, 0.05) is 0 Å². The van der Waals surface area contributed by atoms with Crippen molar-refractivity contribution in [3.63, 3.8) is 0 Å². The number of aliphatic carboxylic acids is 1. The first-order chi connectivity index (χ1) is 7.97. The molecule has 1 rings (SSSR count). The summed E-state index contributed by atoms with van der Waals surface area (Å²) in [4.78, 5) is 22.5. The highest BCUT2D eigenvalue weighted by molar-refractivity contribution is 6.39. The van der Waals surface area contributed by atoms with Crippen molar-refractivity contribution in [2.24, 2.45) is 0 Å². The lowest BCUT2D eigenvalue weighted by atomic mass is 10.2. The number of carbonyl (C=O) groups is 2. The Labute approximate surface area is 108 Å². The Morgan fingerprint density at radius 2 is 1.82 bits per heavy atom. The number of carboxylic acid groups (broad SMARTS) is 1. The molecule has 0 aromatic heterocycles. The molecule has 2 N–H and O–H groups in total. The van der Waals surface area contributed by atoms with Crippen molar-refractivity contribution < 1.29 is 14.7 Å². The summed E-state index contributed by atoms with van der Waals surface area (Å²) < 4.78 is 0. The minimum Gasteiger partial charge on any atom is -0.477 e. The topological polar surface area (TPSA) is 66.4 Å². The van der Waals surface area contributed by atoms with Crippen LogP contribution in [0.2, 0.25) is 10.0 Å². The second kappa shape index (κ2) is 5.70. The number of carbonyl (C=O) groups excluding carboxylic acids is 1. The normalized spacial score (nSPS) is 11.1. The Bertz CT molecular complexity index is 477. The fourth-order valence-corrected chi connectivity index (χ4v) is 1.72. The van der Waals surface area contributed by atoms with Crippen LogP contribution >= 0.6 is 23.2 Å². The zero-order chi connectivity index (χ0) is 13.0. The van der Waals surface area contributed by atoms with Gasteiger partial charge in [-0.1, -0.05) is 35.3 Å². The Morgan fingerprint density at radius 1 is 1.29 bits per heavy atom. The molecule has 0 radical (unpaired) electrons. The summed E-state index contributed by atoms with van der Waals surface area (Å²) in [6, 6.07) is 4.59. The maximum Gasteiger partial charge on any atom is 0.352 e. The summed E-state index contributed by atoms with van der Waals surface area (Å²) in [6.07, 6.45) is 1.27. The maximum atomic E-state index is 11.8. The summed E-state index contributed by atoms with van der Waals surface area (Å²) >= 11 is 11.6. The van der Waals surface area contributed by atoms with E-state index in [1.165, 1.54) is 25.1 Å². The molecule has 0 aliphatic carbocycles. The second-order valence-electron chi connectivity index (χ2n) is 3.06. The largest absolute Gasteiger partial charge is 0.477 e. The van der Waals surface area contributed by atoms with Crippen molar-refractivity contribution in [2.45, 2.75) is 6.92 Å². The molecule has 0 aliphatic heterocycles. The number of rotatable bonds is 3. The van der Waals surface area contributed by atoms with E-state index in [2.05, 4.69) is 5.32 Å². The molecule has 0 spiro atoms. The van der Waals surface area contributed by atoms with Crippen molar-refractivity contribution in [1.29, 1.82) is 0 Å². The molecule has 0 atom stereocenters. The number of benzene rings is 1. The van der Waals surface area contributed by atoms with E-state index in [9.17, 15) is 9.59 Å². The molecule has 4 nitrogen and oxygen atoms in total.